The summed E-state index contributed by atoms with van der Waals surface area (Å²) in [7, 11) is 0. The number of hydrogen-bond donors (Lipinski definition) is 1. The van der Waals surface area contributed by atoms with Gasteiger partial charge in [0.25, 0.3) is 0 Å². The fraction of sp³-hybridized carbons (Fsp3) is 0.769. The number of thiophene rings is 1. The van der Waals surface area contributed by atoms with E-state index in [0.29, 0.717) is 18.1 Å². The monoisotopic (exact) mass is 443 g/mol. The average molecular weight is 444 g/mol. The van der Waals surface area contributed by atoms with Crippen LogP contribution < -0.4 is 5.32 Å². The van der Waals surface area contributed by atoms with Crippen LogP contribution in [-0.2, 0) is 22.4 Å². The predicted octanol–water partition coefficient (Wildman–Crippen LogP) is 6.23. The van der Waals surface area contributed by atoms with Crippen molar-refractivity contribution in [2.75, 3.05) is 11.9 Å². The van der Waals surface area contributed by atoms with Crippen LogP contribution in [0.2, 0.25) is 0 Å². The molecule has 4 fully saturated rings. The standard InChI is InChI=1S/C26H37NO3S/c1-5-30-23(28)21-19-7-6-18(25(2,3)4)11-20(19)31-22(21)27-24(29)26-12-15-8-16(13-26)10-17(9-15)14-26/h15-18H,5-14H2,1-4H3,(H,27,29)/t15?,16?,17?,18-,26?/m0/s1. The van der Waals surface area contributed by atoms with Gasteiger partial charge in [0, 0.05) is 4.88 Å². The van der Waals surface area contributed by atoms with E-state index in [0.717, 1.165) is 66.8 Å². The van der Waals surface area contributed by atoms with Crippen LogP contribution in [0.4, 0.5) is 5.00 Å². The fourth-order valence-electron chi connectivity index (χ4n) is 7.46. The van der Waals surface area contributed by atoms with Gasteiger partial charge in [-0.05, 0) is 99.4 Å². The molecular formula is C26H37NO3S. The van der Waals surface area contributed by atoms with Crippen molar-refractivity contribution in [3.8, 4) is 0 Å². The summed E-state index contributed by atoms with van der Waals surface area (Å²) in [5.41, 5.74) is 1.81. The molecule has 5 heteroatoms. The van der Waals surface area contributed by atoms with E-state index in [4.69, 9.17) is 4.74 Å². The van der Waals surface area contributed by atoms with Gasteiger partial charge in [0.2, 0.25) is 5.91 Å². The van der Waals surface area contributed by atoms with Crippen molar-refractivity contribution < 1.29 is 14.3 Å². The van der Waals surface area contributed by atoms with E-state index in [9.17, 15) is 9.59 Å². The van der Waals surface area contributed by atoms with Crippen LogP contribution >= 0.6 is 11.3 Å². The topological polar surface area (TPSA) is 55.4 Å². The maximum Gasteiger partial charge on any atom is 0.341 e. The Morgan fingerprint density at radius 2 is 1.71 bits per heavy atom. The van der Waals surface area contributed by atoms with Gasteiger partial charge in [0.15, 0.2) is 0 Å². The molecular weight excluding hydrogens is 406 g/mol. The van der Waals surface area contributed by atoms with Crippen molar-refractivity contribution in [3.63, 3.8) is 0 Å². The van der Waals surface area contributed by atoms with E-state index >= 15 is 0 Å². The SMILES string of the molecule is CCOC(=O)c1c(NC(=O)C23CC4CC(CC(C4)C2)C3)sc2c1CC[C@H](C(C)(C)C)C2. The van der Waals surface area contributed by atoms with Crippen LogP contribution in [0, 0.1) is 34.5 Å². The summed E-state index contributed by atoms with van der Waals surface area (Å²) in [6.45, 7) is 9.12. The minimum absolute atomic E-state index is 0.170. The first-order chi connectivity index (χ1) is 14.7. The van der Waals surface area contributed by atoms with Gasteiger partial charge in [-0.2, -0.15) is 0 Å². The quantitative estimate of drug-likeness (QED) is 0.561. The first kappa shape index (κ1) is 21.5. The Labute approximate surface area is 190 Å². The first-order valence-corrected chi connectivity index (χ1v) is 13.1. The molecule has 1 aromatic heterocycles. The number of anilines is 1. The minimum Gasteiger partial charge on any atom is -0.462 e. The molecule has 1 N–H and O–H groups in total. The predicted molar refractivity (Wildman–Crippen MR) is 124 cm³/mol. The Kier molecular flexibility index (Phi) is 5.27. The highest BCUT2D eigenvalue weighted by Crippen LogP contribution is 2.60. The van der Waals surface area contributed by atoms with Crippen LogP contribution in [0.3, 0.4) is 0 Å². The number of carbonyl (C=O) groups excluding carboxylic acids is 2. The van der Waals surface area contributed by atoms with E-state index in [-0.39, 0.29) is 22.7 Å². The first-order valence-electron chi connectivity index (χ1n) is 12.3. The number of rotatable bonds is 4. The Morgan fingerprint density at radius 3 is 2.26 bits per heavy atom. The van der Waals surface area contributed by atoms with Crippen LogP contribution in [-0.4, -0.2) is 18.5 Å². The van der Waals surface area contributed by atoms with E-state index in [1.807, 2.05) is 6.92 Å². The van der Waals surface area contributed by atoms with E-state index in [2.05, 4.69) is 26.1 Å². The lowest BCUT2D eigenvalue weighted by atomic mass is 9.49. The zero-order chi connectivity index (χ0) is 22.0. The van der Waals surface area contributed by atoms with Crippen molar-refractivity contribution in [1.82, 2.24) is 0 Å². The summed E-state index contributed by atoms with van der Waals surface area (Å²) in [6.07, 6.45) is 10.1. The van der Waals surface area contributed by atoms with Crippen LogP contribution in [0.15, 0.2) is 0 Å². The van der Waals surface area contributed by atoms with E-state index < -0.39 is 0 Å². The molecule has 5 aliphatic carbocycles. The second-order valence-corrected chi connectivity index (χ2v) is 13.0. The molecule has 4 saturated carbocycles. The van der Waals surface area contributed by atoms with Gasteiger partial charge in [0.1, 0.15) is 5.00 Å². The van der Waals surface area contributed by atoms with Crippen LogP contribution in [0.5, 0.6) is 0 Å². The maximum atomic E-state index is 13.7. The summed E-state index contributed by atoms with van der Waals surface area (Å²) in [5.74, 6) is 2.68. The Bertz CT molecular complexity index is 858. The number of hydrogen-bond acceptors (Lipinski definition) is 4. The van der Waals surface area contributed by atoms with Gasteiger partial charge < -0.3 is 10.1 Å². The number of fused-ring (bicyclic) bond motifs is 1. The summed E-state index contributed by atoms with van der Waals surface area (Å²) >= 11 is 1.64. The Hall–Kier alpha value is -1.36. The summed E-state index contributed by atoms with van der Waals surface area (Å²) < 4.78 is 5.43. The Balaban J connectivity index is 1.44. The smallest absolute Gasteiger partial charge is 0.341 e. The lowest BCUT2D eigenvalue weighted by Crippen LogP contribution is -2.51. The highest BCUT2D eigenvalue weighted by molar-refractivity contribution is 7.17. The van der Waals surface area contributed by atoms with Crippen molar-refractivity contribution in [2.24, 2.45) is 34.5 Å². The molecule has 31 heavy (non-hydrogen) atoms. The van der Waals surface area contributed by atoms with Gasteiger partial charge in [-0.15, -0.1) is 11.3 Å². The molecule has 1 atom stereocenters. The summed E-state index contributed by atoms with van der Waals surface area (Å²) in [6, 6.07) is 0. The minimum atomic E-state index is -0.268. The maximum absolute atomic E-state index is 13.7. The van der Waals surface area contributed by atoms with Gasteiger partial charge in [0.05, 0.1) is 17.6 Å². The second-order valence-electron chi connectivity index (χ2n) is 11.9. The molecule has 170 valence electrons. The average Bonchev–Trinajstić information content (AvgIpc) is 3.03. The Morgan fingerprint density at radius 1 is 1.10 bits per heavy atom. The zero-order valence-electron chi connectivity index (χ0n) is 19.5. The molecule has 0 spiro atoms. The van der Waals surface area contributed by atoms with E-state index in [1.54, 1.807) is 11.3 Å². The number of nitrogens with one attached hydrogen (secondary N) is 1. The number of ether oxygens (including phenoxy) is 1. The van der Waals surface area contributed by atoms with Crippen LogP contribution in [0.25, 0.3) is 0 Å². The molecule has 1 heterocycles. The second kappa shape index (κ2) is 7.60. The highest BCUT2D eigenvalue weighted by atomic mass is 32.1. The van der Waals surface area contributed by atoms with Gasteiger partial charge >= 0.3 is 5.97 Å². The number of carbonyl (C=O) groups is 2. The third-order valence-corrected chi connectivity index (χ3v) is 9.89. The van der Waals surface area contributed by atoms with E-state index in [1.165, 1.54) is 24.1 Å². The molecule has 1 aromatic rings. The van der Waals surface area contributed by atoms with Gasteiger partial charge in [-0.25, -0.2) is 4.79 Å². The normalized spacial score (nSPS) is 33.8. The van der Waals surface area contributed by atoms with Gasteiger partial charge in [-0.3, -0.25) is 4.79 Å². The molecule has 5 aliphatic rings. The van der Waals surface area contributed by atoms with Crippen molar-refractivity contribution in [3.05, 3.63) is 16.0 Å². The molecule has 0 saturated heterocycles. The molecule has 0 radical (unpaired) electrons. The third-order valence-electron chi connectivity index (χ3n) is 8.72. The lowest BCUT2D eigenvalue weighted by molar-refractivity contribution is -0.140. The van der Waals surface area contributed by atoms with Crippen molar-refractivity contribution in [1.29, 1.82) is 0 Å². The number of esters is 1. The molecule has 4 nitrogen and oxygen atoms in total. The van der Waals surface area contributed by atoms with Crippen molar-refractivity contribution >= 4 is 28.2 Å². The largest absolute Gasteiger partial charge is 0.462 e. The molecule has 0 aliphatic heterocycles. The third kappa shape index (κ3) is 3.75. The zero-order valence-corrected chi connectivity index (χ0v) is 20.3. The summed E-state index contributed by atoms with van der Waals surface area (Å²) in [5, 5.41) is 4.05. The van der Waals surface area contributed by atoms with Crippen molar-refractivity contribution in [2.45, 2.75) is 85.5 Å². The molecule has 6 rings (SSSR count). The molecule has 1 amide bonds. The molecule has 4 bridgehead atoms. The van der Waals surface area contributed by atoms with Gasteiger partial charge in [-0.1, -0.05) is 20.8 Å². The van der Waals surface area contributed by atoms with Crippen LogP contribution in [0.1, 0.15) is 93.4 Å². The summed E-state index contributed by atoms with van der Waals surface area (Å²) in [4.78, 5) is 27.9. The lowest BCUT2D eigenvalue weighted by Gasteiger charge is -2.55. The molecule has 0 aromatic carbocycles. The highest BCUT2D eigenvalue weighted by Gasteiger charge is 2.54. The number of amides is 1. The molecule has 0 unspecified atom stereocenters. The fourth-order valence-corrected chi connectivity index (χ4v) is 8.77.